The van der Waals surface area contributed by atoms with Crippen LogP contribution < -0.4 is 5.32 Å². The number of hydrogen-bond acceptors (Lipinski definition) is 5. The van der Waals surface area contributed by atoms with Crippen LogP contribution in [0.2, 0.25) is 0 Å². The lowest BCUT2D eigenvalue weighted by Gasteiger charge is -2.13. The summed E-state index contributed by atoms with van der Waals surface area (Å²) in [7, 11) is 0. The fraction of sp³-hybridized carbons (Fsp3) is 0.333. The van der Waals surface area contributed by atoms with Gasteiger partial charge >= 0.3 is 0 Å². The smallest absolute Gasteiger partial charge is 0.237 e. The zero-order valence-electron chi connectivity index (χ0n) is 16.6. The molecule has 0 aliphatic rings. The third-order valence-electron chi connectivity index (χ3n) is 4.47. The molecule has 1 atom stereocenters. The van der Waals surface area contributed by atoms with Gasteiger partial charge in [0.15, 0.2) is 11.0 Å². The third kappa shape index (κ3) is 4.59. The number of aromatic nitrogens is 4. The van der Waals surface area contributed by atoms with Gasteiger partial charge in [-0.1, -0.05) is 37.7 Å². The van der Waals surface area contributed by atoms with Crippen LogP contribution >= 0.6 is 11.8 Å². The van der Waals surface area contributed by atoms with Crippen molar-refractivity contribution in [1.82, 2.24) is 19.7 Å². The standard InChI is InChI=1S/C21H25N5OS/c1-5-26-19(17-10-12-22-13-11-17)24-25-21(26)28-15(4)20(27)23-18-8-6-16(7-9-18)14(2)3/h6-15H,5H2,1-4H3,(H,23,27). The Bertz CT molecular complexity index is 922. The zero-order chi connectivity index (χ0) is 20.1. The van der Waals surface area contributed by atoms with Crippen LogP contribution in [0.1, 0.15) is 39.2 Å². The van der Waals surface area contributed by atoms with Gasteiger partial charge in [0.2, 0.25) is 5.91 Å². The molecular weight excluding hydrogens is 370 g/mol. The first-order valence-corrected chi connectivity index (χ1v) is 10.3. The Morgan fingerprint density at radius 2 is 1.75 bits per heavy atom. The minimum Gasteiger partial charge on any atom is -0.325 e. The molecule has 0 saturated carbocycles. The predicted octanol–water partition coefficient (Wildman–Crippen LogP) is 4.60. The van der Waals surface area contributed by atoms with Gasteiger partial charge in [-0.15, -0.1) is 10.2 Å². The van der Waals surface area contributed by atoms with Crippen LogP contribution in [0.4, 0.5) is 5.69 Å². The summed E-state index contributed by atoms with van der Waals surface area (Å²) in [5.41, 5.74) is 3.01. The van der Waals surface area contributed by atoms with Crippen molar-refractivity contribution >= 4 is 23.4 Å². The molecule has 0 spiro atoms. The maximum absolute atomic E-state index is 12.6. The second-order valence-electron chi connectivity index (χ2n) is 6.81. The Labute approximate surface area is 169 Å². The fourth-order valence-electron chi connectivity index (χ4n) is 2.78. The highest BCUT2D eigenvalue weighted by molar-refractivity contribution is 8.00. The Morgan fingerprint density at radius 1 is 1.07 bits per heavy atom. The first-order valence-electron chi connectivity index (χ1n) is 9.40. The monoisotopic (exact) mass is 395 g/mol. The van der Waals surface area contributed by atoms with Crippen molar-refractivity contribution in [3.05, 3.63) is 54.4 Å². The average Bonchev–Trinajstić information content (AvgIpc) is 3.11. The Morgan fingerprint density at radius 3 is 2.36 bits per heavy atom. The van der Waals surface area contributed by atoms with E-state index in [-0.39, 0.29) is 11.2 Å². The number of nitrogens with zero attached hydrogens (tertiary/aromatic N) is 4. The van der Waals surface area contributed by atoms with Crippen molar-refractivity contribution in [2.75, 3.05) is 5.32 Å². The molecule has 0 saturated heterocycles. The molecule has 1 aromatic carbocycles. The summed E-state index contributed by atoms with van der Waals surface area (Å²) in [5, 5.41) is 12.0. The first kappa shape index (κ1) is 20.1. The largest absolute Gasteiger partial charge is 0.325 e. The van der Waals surface area contributed by atoms with Crippen molar-refractivity contribution < 1.29 is 4.79 Å². The van der Waals surface area contributed by atoms with E-state index in [2.05, 4.69) is 34.3 Å². The summed E-state index contributed by atoms with van der Waals surface area (Å²) in [4.78, 5) is 16.7. The highest BCUT2D eigenvalue weighted by atomic mass is 32.2. The second kappa shape index (κ2) is 9.01. The van der Waals surface area contributed by atoms with E-state index in [1.807, 2.05) is 54.8 Å². The second-order valence-corrected chi connectivity index (χ2v) is 8.12. The molecule has 1 N–H and O–H groups in total. The number of hydrogen-bond donors (Lipinski definition) is 1. The molecule has 0 radical (unpaired) electrons. The van der Waals surface area contributed by atoms with Crippen LogP contribution in [-0.2, 0) is 11.3 Å². The topological polar surface area (TPSA) is 72.7 Å². The molecular formula is C21H25N5OS. The van der Waals surface area contributed by atoms with E-state index in [1.54, 1.807) is 12.4 Å². The van der Waals surface area contributed by atoms with Crippen molar-refractivity contribution in [2.24, 2.45) is 0 Å². The number of carbonyl (C=O) groups is 1. The number of amides is 1. The van der Waals surface area contributed by atoms with E-state index in [0.29, 0.717) is 5.92 Å². The van der Waals surface area contributed by atoms with E-state index in [0.717, 1.165) is 28.8 Å². The van der Waals surface area contributed by atoms with Gasteiger partial charge in [0, 0.05) is 30.2 Å². The van der Waals surface area contributed by atoms with Crippen LogP contribution in [0, 0.1) is 0 Å². The highest BCUT2D eigenvalue weighted by Crippen LogP contribution is 2.27. The summed E-state index contributed by atoms with van der Waals surface area (Å²) in [6, 6.07) is 11.8. The van der Waals surface area contributed by atoms with Gasteiger partial charge in [0.25, 0.3) is 0 Å². The number of thioether (sulfide) groups is 1. The summed E-state index contributed by atoms with van der Waals surface area (Å²) in [6.07, 6.45) is 3.47. The van der Waals surface area contributed by atoms with E-state index in [4.69, 9.17) is 0 Å². The highest BCUT2D eigenvalue weighted by Gasteiger charge is 2.20. The number of anilines is 1. The third-order valence-corrected chi connectivity index (χ3v) is 5.55. The number of nitrogens with one attached hydrogen (secondary N) is 1. The Balaban J connectivity index is 1.69. The lowest BCUT2D eigenvalue weighted by Crippen LogP contribution is -2.23. The summed E-state index contributed by atoms with van der Waals surface area (Å²) < 4.78 is 2.02. The Kier molecular flexibility index (Phi) is 6.46. The SMILES string of the molecule is CCn1c(SC(C)C(=O)Nc2ccc(C(C)C)cc2)nnc1-c1ccncc1. The van der Waals surface area contributed by atoms with Crippen LogP contribution in [0.15, 0.2) is 53.9 Å². The molecule has 28 heavy (non-hydrogen) atoms. The van der Waals surface area contributed by atoms with Gasteiger partial charge in [-0.3, -0.25) is 9.78 Å². The van der Waals surface area contributed by atoms with E-state index in [9.17, 15) is 4.79 Å². The van der Waals surface area contributed by atoms with Crippen LogP contribution in [0.3, 0.4) is 0 Å². The zero-order valence-corrected chi connectivity index (χ0v) is 17.4. The maximum Gasteiger partial charge on any atom is 0.237 e. The number of rotatable bonds is 7. The molecule has 6 nitrogen and oxygen atoms in total. The molecule has 0 bridgehead atoms. The summed E-state index contributed by atoms with van der Waals surface area (Å²) in [6.45, 7) is 8.94. The molecule has 1 unspecified atom stereocenters. The normalized spacial score (nSPS) is 12.2. The van der Waals surface area contributed by atoms with Crippen molar-refractivity contribution in [1.29, 1.82) is 0 Å². The number of pyridine rings is 1. The number of benzene rings is 1. The van der Waals surface area contributed by atoms with E-state index < -0.39 is 0 Å². The van der Waals surface area contributed by atoms with E-state index in [1.165, 1.54) is 17.3 Å². The molecule has 7 heteroatoms. The molecule has 2 heterocycles. The van der Waals surface area contributed by atoms with Crippen molar-refractivity contribution in [3.8, 4) is 11.4 Å². The average molecular weight is 396 g/mol. The molecule has 0 aliphatic carbocycles. The van der Waals surface area contributed by atoms with Gasteiger partial charge in [-0.2, -0.15) is 0 Å². The molecule has 2 aromatic heterocycles. The van der Waals surface area contributed by atoms with Gasteiger partial charge in [0.05, 0.1) is 5.25 Å². The van der Waals surface area contributed by atoms with E-state index >= 15 is 0 Å². The Hall–Kier alpha value is -2.67. The van der Waals surface area contributed by atoms with Crippen LogP contribution in [0.25, 0.3) is 11.4 Å². The lowest BCUT2D eigenvalue weighted by molar-refractivity contribution is -0.115. The minimum atomic E-state index is -0.301. The van der Waals surface area contributed by atoms with Gasteiger partial charge in [-0.05, 0) is 49.6 Å². The van der Waals surface area contributed by atoms with Crippen LogP contribution in [0.5, 0.6) is 0 Å². The first-order chi connectivity index (χ1) is 13.5. The fourth-order valence-corrected chi connectivity index (χ4v) is 3.70. The summed E-state index contributed by atoms with van der Waals surface area (Å²) in [5.74, 6) is 1.19. The summed E-state index contributed by atoms with van der Waals surface area (Å²) >= 11 is 1.41. The van der Waals surface area contributed by atoms with Gasteiger partial charge in [-0.25, -0.2) is 0 Å². The van der Waals surface area contributed by atoms with Gasteiger partial charge in [0.1, 0.15) is 0 Å². The van der Waals surface area contributed by atoms with Crippen LogP contribution in [-0.4, -0.2) is 30.9 Å². The quantitative estimate of drug-likeness (QED) is 0.592. The van der Waals surface area contributed by atoms with Crippen molar-refractivity contribution in [2.45, 2.75) is 50.6 Å². The van der Waals surface area contributed by atoms with Gasteiger partial charge < -0.3 is 9.88 Å². The molecule has 146 valence electrons. The number of carbonyl (C=O) groups excluding carboxylic acids is 1. The predicted molar refractivity (Wildman–Crippen MR) is 113 cm³/mol. The molecule has 3 aromatic rings. The minimum absolute atomic E-state index is 0.0570. The molecule has 1 amide bonds. The lowest BCUT2D eigenvalue weighted by atomic mass is 10.0. The van der Waals surface area contributed by atoms with Crippen molar-refractivity contribution in [3.63, 3.8) is 0 Å². The molecule has 0 fully saturated rings. The molecule has 0 aliphatic heterocycles. The maximum atomic E-state index is 12.6. The molecule has 3 rings (SSSR count).